The van der Waals surface area contributed by atoms with Crippen molar-refractivity contribution in [2.24, 2.45) is 0 Å². The first-order chi connectivity index (χ1) is 15.5. The molecule has 0 spiro atoms. The van der Waals surface area contributed by atoms with Crippen molar-refractivity contribution < 1.29 is 23.9 Å². The molecule has 1 aliphatic rings. The summed E-state index contributed by atoms with van der Waals surface area (Å²) in [6.07, 6.45) is 1.33. The van der Waals surface area contributed by atoms with Crippen LogP contribution in [0.2, 0.25) is 0 Å². The highest BCUT2D eigenvalue weighted by Crippen LogP contribution is 2.21. The van der Waals surface area contributed by atoms with Crippen LogP contribution >= 0.6 is 0 Å². The molecular weight excluding hydrogens is 412 g/mol. The number of benzene rings is 2. The van der Waals surface area contributed by atoms with E-state index in [-0.39, 0.29) is 12.5 Å². The van der Waals surface area contributed by atoms with Crippen molar-refractivity contribution in [3.05, 3.63) is 60.2 Å². The van der Waals surface area contributed by atoms with Gasteiger partial charge in [-0.05, 0) is 42.8 Å². The molecule has 9 heteroatoms. The van der Waals surface area contributed by atoms with Crippen LogP contribution in [0.5, 0.6) is 0 Å². The summed E-state index contributed by atoms with van der Waals surface area (Å²) in [4.78, 5) is 51.2. The molecule has 2 aromatic carbocycles. The molecule has 164 valence electrons. The summed E-state index contributed by atoms with van der Waals surface area (Å²) in [5.41, 5.74) is 1.57. The molecule has 0 aliphatic carbocycles. The number of hydrogen-bond donors (Lipinski definition) is 1. The zero-order valence-corrected chi connectivity index (χ0v) is 17.3. The molecule has 0 bridgehead atoms. The fraction of sp³-hybridized carbons (Fsp3) is 0.261. The minimum atomic E-state index is -0.782. The predicted octanol–water partition coefficient (Wildman–Crippen LogP) is 1.64. The van der Waals surface area contributed by atoms with E-state index in [1.165, 1.54) is 4.90 Å². The first kappa shape index (κ1) is 22.5. The summed E-state index contributed by atoms with van der Waals surface area (Å²) in [6.45, 7) is -0.493. The summed E-state index contributed by atoms with van der Waals surface area (Å²) in [7, 11) is 0. The minimum Gasteiger partial charge on any atom is -0.454 e. The molecular formula is C23H22N4O5. The molecule has 0 aromatic heterocycles. The van der Waals surface area contributed by atoms with Gasteiger partial charge in [0.25, 0.3) is 11.8 Å². The van der Waals surface area contributed by atoms with E-state index in [0.717, 1.165) is 12.1 Å². The van der Waals surface area contributed by atoms with Crippen LogP contribution < -0.4 is 15.1 Å². The third-order valence-corrected chi connectivity index (χ3v) is 4.86. The normalized spacial score (nSPS) is 12.7. The van der Waals surface area contributed by atoms with Crippen LogP contribution in [0, 0.1) is 11.3 Å². The molecule has 32 heavy (non-hydrogen) atoms. The van der Waals surface area contributed by atoms with Crippen LogP contribution in [0.15, 0.2) is 54.6 Å². The van der Waals surface area contributed by atoms with Crippen molar-refractivity contribution in [3.8, 4) is 6.07 Å². The van der Waals surface area contributed by atoms with Gasteiger partial charge in [0, 0.05) is 29.9 Å². The van der Waals surface area contributed by atoms with E-state index in [1.807, 2.05) is 6.07 Å². The molecule has 1 saturated heterocycles. The number of nitrogens with zero attached hydrogens (tertiary/aromatic N) is 3. The third kappa shape index (κ3) is 5.70. The number of carbonyl (C=O) groups is 4. The number of ether oxygens (including phenoxy) is 1. The Bertz CT molecular complexity index is 1030. The number of nitriles is 1. The van der Waals surface area contributed by atoms with Gasteiger partial charge < -0.3 is 15.0 Å². The zero-order chi connectivity index (χ0) is 22.9. The van der Waals surface area contributed by atoms with Gasteiger partial charge in [0.05, 0.1) is 6.07 Å². The van der Waals surface area contributed by atoms with Gasteiger partial charge in [-0.15, -0.1) is 0 Å². The summed E-state index contributed by atoms with van der Waals surface area (Å²) in [5.74, 6) is -1.76. The number of esters is 1. The zero-order valence-electron chi connectivity index (χ0n) is 17.3. The monoisotopic (exact) mass is 434 g/mol. The molecule has 0 atom stereocenters. The predicted molar refractivity (Wildman–Crippen MR) is 116 cm³/mol. The average Bonchev–Trinajstić information content (AvgIpc) is 3.25. The molecule has 1 aliphatic heterocycles. The lowest BCUT2D eigenvalue weighted by Gasteiger charge is -2.19. The van der Waals surface area contributed by atoms with Gasteiger partial charge in [-0.3, -0.25) is 24.1 Å². The number of anilines is 2. The van der Waals surface area contributed by atoms with Crippen LogP contribution in [-0.4, -0.2) is 49.9 Å². The maximum atomic E-state index is 12.3. The van der Waals surface area contributed by atoms with Crippen molar-refractivity contribution in [1.29, 1.82) is 5.26 Å². The highest BCUT2D eigenvalue weighted by molar-refractivity contribution is 5.99. The van der Waals surface area contributed by atoms with Crippen LogP contribution in [0.1, 0.15) is 23.2 Å². The molecule has 3 rings (SSSR count). The lowest BCUT2D eigenvalue weighted by atomic mass is 10.2. The molecule has 0 radical (unpaired) electrons. The fourth-order valence-electron chi connectivity index (χ4n) is 3.24. The number of amides is 3. The van der Waals surface area contributed by atoms with Gasteiger partial charge in [-0.25, -0.2) is 0 Å². The molecule has 9 nitrogen and oxygen atoms in total. The van der Waals surface area contributed by atoms with Gasteiger partial charge in [0.1, 0.15) is 13.1 Å². The van der Waals surface area contributed by atoms with E-state index >= 15 is 0 Å². The molecule has 1 heterocycles. The first-order valence-electron chi connectivity index (χ1n) is 10.1. The van der Waals surface area contributed by atoms with Crippen molar-refractivity contribution in [2.75, 3.05) is 36.0 Å². The Kier molecular flexibility index (Phi) is 7.54. The first-order valence-corrected chi connectivity index (χ1v) is 10.1. The number of rotatable bonds is 8. The lowest BCUT2D eigenvalue weighted by Crippen LogP contribution is -2.37. The maximum Gasteiger partial charge on any atom is 0.325 e. The Morgan fingerprint density at radius 3 is 2.44 bits per heavy atom. The fourth-order valence-corrected chi connectivity index (χ4v) is 3.24. The van der Waals surface area contributed by atoms with Gasteiger partial charge in [-0.1, -0.05) is 18.2 Å². The molecule has 0 unspecified atom stereocenters. The number of nitrogens with one attached hydrogen (secondary N) is 1. The van der Waals surface area contributed by atoms with E-state index in [1.54, 1.807) is 59.5 Å². The Hall–Kier alpha value is -4.19. The second-order valence-corrected chi connectivity index (χ2v) is 7.01. The molecule has 0 saturated carbocycles. The number of hydrogen-bond acceptors (Lipinski definition) is 6. The molecule has 2 aromatic rings. The van der Waals surface area contributed by atoms with E-state index in [0.29, 0.717) is 24.2 Å². The standard InChI is InChI=1S/C23H22N4O5/c24-12-14-27(18-5-2-1-3-6-18)21(29)16-32-22(30)15-25-23(31)17-8-10-19(11-9-17)26-13-4-7-20(26)28/h1-3,5-6,8-11H,4,7,13-16H2,(H,25,31). The molecule has 1 fully saturated rings. The Morgan fingerprint density at radius 2 is 1.81 bits per heavy atom. The third-order valence-electron chi connectivity index (χ3n) is 4.86. The van der Waals surface area contributed by atoms with Crippen LogP contribution in [0.3, 0.4) is 0 Å². The number of carbonyl (C=O) groups excluding carboxylic acids is 4. The lowest BCUT2D eigenvalue weighted by molar-refractivity contribution is -0.146. The van der Waals surface area contributed by atoms with Crippen LogP contribution in [0.4, 0.5) is 11.4 Å². The van der Waals surface area contributed by atoms with Gasteiger partial charge in [0.2, 0.25) is 5.91 Å². The largest absolute Gasteiger partial charge is 0.454 e. The Balaban J connectivity index is 1.47. The summed E-state index contributed by atoms with van der Waals surface area (Å²) in [6, 6.07) is 17.0. The topological polar surface area (TPSA) is 120 Å². The second kappa shape index (κ2) is 10.7. The highest BCUT2D eigenvalue weighted by atomic mass is 16.5. The second-order valence-electron chi connectivity index (χ2n) is 7.01. The summed E-state index contributed by atoms with van der Waals surface area (Å²) < 4.78 is 4.94. The summed E-state index contributed by atoms with van der Waals surface area (Å²) in [5, 5.41) is 11.4. The maximum absolute atomic E-state index is 12.3. The van der Waals surface area contributed by atoms with Crippen molar-refractivity contribution in [3.63, 3.8) is 0 Å². The van der Waals surface area contributed by atoms with Crippen LogP contribution in [-0.2, 0) is 19.1 Å². The summed E-state index contributed by atoms with van der Waals surface area (Å²) >= 11 is 0. The van der Waals surface area contributed by atoms with Gasteiger partial charge in [0.15, 0.2) is 6.61 Å². The highest BCUT2D eigenvalue weighted by Gasteiger charge is 2.22. The quantitative estimate of drug-likeness (QED) is 0.498. The van der Waals surface area contributed by atoms with E-state index in [2.05, 4.69) is 5.32 Å². The Morgan fingerprint density at radius 1 is 1.09 bits per heavy atom. The number of para-hydroxylation sites is 1. The van der Waals surface area contributed by atoms with Gasteiger partial charge in [-0.2, -0.15) is 5.26 Å². The van der Waals surface area contributed by atoms with E-state index in [4.69, 9.17) is 10.00 Å². The molecule has 3 amide bonds. The minimum absolute atomic E-state index is 0.0556. The SMILES string of the molecule is N#CCN(C(=O)COC(=O)CNC(=O)c1ccc(N2CCCC2=O)cc1)c1ccccc1. The van der Waals surface area contributed by atoms with Crippen molar-refractivity contribution >= 4 is 35.1 Å². The van der Waals surface area contributed by atoms with E-state index < -0.39 is 30.9 Å². The van der Waals surface area contributed by atoms with Crippen LogP contribution in [0.25, 0.3) is 0 Å². The van der Waals surface area contributed by atoms with E-state index in [9.17, 15) is 19.2 Å². The average molecular weight is 434 g/mol. The van der Waals surface area contributed by atoms with Gasteiger partial charge >= 0.3 is 5.97 Å². The molecule has 1 N–H and O–H groups in total. The van der Waals surface area contributed by atoms with Crippen molar-refractivity contribution in [1.82, 2.24) is 5.32 Å². The Labute approximate surface area is 185 Å². The smallest absolute Gasteiger partial charge is 0.325 e. The van der Waals surface area contributed by atoms with Crippen molar-refractivity contribution in [2.45, 2.75) is 12.8 Å².